The van der Waals surface area contributed by atoms with E-state index in [1.807, 2.05) is 4.90 Å². The largest absolute Gasteiger partial charge is 0.340 e. The van der Waals surface area contributed by atoms with Gasteiger partial charge in [0.25, 0.3) is 0 Å². The van der Waals surface area contributed by atoms with Gasteiger partial charge in [-0.1, -0.05) is 18.0 Å². The summed E-state index contributed by atoms with van der Waals surface area (Å²) in [6.45, 7) is 3.62. The molecule has 0 spiro atoms. The fraction of sp³-hybridized carbons (Fsp3) is 0.700. The van der Waals surface area contributed by atoms with Crippen molar-refractivity contribution >= 4 is 27.5 Å². The molecular weight excluding hydrogens is 412 g/mol. The Balaban J connectivity index is 1.25. The lowest BCUT2D eigenvalue weighted by Crippen LogP contribution is -2.54. The summed E-state index contributed by atoms with van der Waals surface area (Å²) in [5.41, 5.74) is 0. The highest BCUT2D eigenvalue weighted by Crippen LogP contribution is 2.29. The first-order chi connectivity index (χ1) is 13.9. The predicted octanol–water partition coefficient (Wildman–Crippen LogP) is 2.27. The number of nitrogens with zero attached hydrogens (tertiary/aromatic N) is 3. The average Bonchev–Trinajstić information content (AvgIpc) is 2.67. The van der Waals surface area contributed by atoms with Crippen LogP contribution in [0.4, 0.5) is 0 Å². The monoisotopic (exact) mass is 440 g/mol. The lowest BCUT2D eigenvalue weighted by molar-refractivity contribution is -0.139. The van der Waals surface area contributed by atoms with E-state index in [0.717, 1.165) is 45.1 Å². The zero-order valence-electron chi connectivity index (χ0n) is 16.6. The van der Waals surface area contributed by atoms with Crippen molar-refractivity contribution in [1.29, 1.82) is 0 Å². The van der Waals surface area contributed by atoms with Crippen LogP contribution in [0.5, 0.6) is 0 Å². The SMILES string of the molecule is O=C([C@H]1CC[C@H](NS(=O)(=O)c2ccc(Cl)nc2)CC1)N1CCN(C2CCC2)CC1. The Bertz CT molecular complexity index is 813. The summed E-state index contributed by atoms with van der Waals surface area (Å²) in [5, 5.41) is 0.261. The van der Waals surface area contributed by atoms with Crippen molar-refractivity contribution in [3.63, 3.8) is 0 Å². The molecule has 4 rings (SSSR count). The maximum Gasteiger partial charge on any atom is 0.242 e. The highest BCUT2D eigenvalue weighted by molar-refractivity contribution is 7.89. The molecular formula is C20H29ClN4O3S. The van der Waals surface area contributed by atoms with Crippen molar-refractivity contribution in [1.82, 2.24) is 19.5 Å². The first-order valence-electron chi connectivity index (χ1n) is 10.6. The van der Waals surface area contributed by atoms with Crippen molar-refractivity contribution in [2.75, 3.05) is 26.2 Å². The molecule has 1 N–H and O–H groups in total. The minimum absolute atomic E-state index is 0.0169. The number of sulfonamides is 1. The molecule has 1 aromatic rings. The molecule has 29 heavy (non-hydrogen) atoms. The lowest BCUT2D eigenvalue weighted by Gasteiger charge is -2.44. The summed E-state index contributed by atoms with van der Waals surface area (Å²) in [4.78, 5) is 21.4. The fourth-order valence-electron chi connectivity index (χ4n) is 4.58. The maximum absolute atomic E-state index is 12.9. The van der Waals surface area contributed by atoms with Gasteiger partial charge in [0.2, 0.25) is 15.9 Å². The smallest absolute Gasteiger partial charge is 0.242 e. The molecule has 3 fully saturated rings. The molecule has 0 aromatic carbocycles. The molecule has 0 atom stereocenters. The van der Waals surface area contributed by atoms with Gasteiger partial charge in [0.05, 0.1) is 0 Å². The van der Waals surface area contributed by atoms with Gasteiger partial charge in [0, 0.05) is 50.4 Å². The molecule has 1 aliphatic heterocycles. The van der Waals surface area contributed by atoms with Crippen LogP contribution in [0, 0.1) is 5.92 Å². The third kappa shape index (κ3) is 4.93. The summed E-state index contributed by atoms with van der Waals surface area (Å²) in [5.74, 6) is 0.268. The number of rotatable bonds is 5. The second-order valence-electron chi connectivity index (χ2n) is 8.43. The summed E-state index contributed by atoms with van der Waals surface area (Å²) in [6.07, 6.45) is 8.03. The second-order valence-corrected chi connectivity index (χ2v) is 10.5. The predicted molar refractivity (Wildman–Crippen MR) is 111 cm³/mol. The van der Waals surface area contributed by atoms with Crippen LogP contribution in [-0.2, 0) is 14.8 Å². The molecule has 7 nitrogen and oxygen atoms in total. The van der Waals surface area contributed by atoms with Crippen LogP contribution in [0.25, 0.3) is 0 Å². The number of hydrogen-bond donors (Lipinski definition) is 1. The van der Waals surface area contributed by atoms with Gasteiger partial charge in [-0.05, 0) is 50.7 Å². The zero-order chi connectivity index (χ0) is 20.4. The third-order valence-electron chi connectivity index (χ3n) is 6.63. The highest BCUT2D eigenvalue weighted by atomic mass is 35.5. The Kier molecular flexibility index (Phi) is 6.44. The van der Waals surface area contributed by atoms with Gasteiger partial charge in [0.15, 0.2) is 0 Å². The minimum atomic E-state index is -3.62. The Morgan fingerprint density at radius 3 is 2.28 bits per heavy atom. The average molecular weight is 441 g/mol. The van der Waals surface area contributed by atoms with Crippen molar-refractivity contribution in [3.05, 3.63) is 23.5 Å². The summed E-state index contributed by atoms with van der Waals surface area (Å²) >= 11 is 5.73. The Morgan fingerprint density at radius 1 is 1.03 bits per heavy atom. The number of carbonyl (C=O) groups excluding carboxylic acids is 1. The number of nitrogens with one attached hydrogen (secondary N) is 1. The molecule has 9 heteroatoms. The number of pyridine rings is 1. The molecule has 1 amide bonds. The number of halogens is 1. The molecule has 2 heterocycles. The Morgan fingerprint density at radius 2 is 1.72 bits per heavy atom. The van der Waals surface area contributed by atoms with Gasteiger partial charge in [-0.2, -0.15) is 0 Å². The van der Waals surface area contributed by atoms with E-state index in [9.17, 15) is 13.2 Å². The van der Waals surface area contributed by atoms with Crippen LogP contribution < -0.4 is 4.72 Å². The second kappa shape index (κ2) is 8.88. The van der Waals surface area contributed by atoms with Crippen LogP contribution in [0.2, 0.25) is 5.15 Å². The molecule has 1 saturated heterocycles. The summed E-state index contributed by atoms with van der Waals surface area (Å²) in [6, 6.07) is 3.52. The standard InChI is InChI=1S/C20H29ClN4O3S/c21-19-9-8-18(14-22-19)29(27,28)23-16-6-4-15(5-7-16)20(26)25-12-10-24(11-13-25)17-2-1-3-17/h8-9,14-17,23H,1-7,10-13H2/t15-,16-. The summed E-state index contributed by atoms with van der Waals surface area (Å²) in [7, 11) is -3.62. The molecule has 2 saturated carbocycles. The van der Waals surface area contributed by atoms with E-state index in [4.69, 9.17) is 11.6 Å². The zero-order valence-corrected chi connectivity index (χ0v) is 18.2. The van der Waals surface area contributed by atoms with Gasteiger partial charge >= 0.3 is 0 Å². The molecule has 1 aromatic heterocycles. The van der Waals surface area contributed by atoms with Crippen LogP contribution >= 0.6 is 11.6 Å². The van der Waals surface area contributed by atoms with E-state index >= 15 is 0 Å². The van der Waals surface area contributed by atoms with Crippen LogP contribution in [0.1, 0.15) is 44.9 Å². The van der Waals surface area contributed by atoms with Crippen LogP contribution in [-0.4, -0.2) is 67.4 Å². The number of carbonyl (C=O) groups is 1. The van der Waals surface area contributed by atoms with Gasteiger partial charge in [-0.3, -0.25) is 9.69 Å². The van der Waals surface area contributed by atoms with Gasteiger partial charge in [-0.15, -0.1) is 0 Å². The number of amides is 1. The number of aromatic nitrogens is 1. The number of hydrogen-bond acceptors (Lipinski definition) is 5. The first kappa shape index (κ1) is 21.0. The molecule has 3 aliphatic rings. The van der Waals surface area contributed by atoms with E-state index in [-0.39, 0.29) is 27.9 Å². The molecule has 2 aliphatic carbocycles. The highest BCUT2D eigenvalue weighted by Gasteiger charge is 2.34. The fourth-order valence-corrected chi connectivity index (χ4v) is 5.95. The Labute approximate surface area is 177 Å². The summed E-state index contributed by atoms with van der Waals surface area (Å²) < 4.78 is 27.8. The quantitative estimate of drug-likeness (QED) is 0.710. The molecule has 160 valence electrons. The Hall–Kier alpha value is -1.22. The first-order valence-corrected chi connectivity index (χ1v) is 12.5. The lowest BCUT2D eigenvalue weighted by atomic mass is 9.85. The van der Waals surface area contributed by atoms with E-state index in [1.165, 1.54) is 37.6 Å². The molecule has 0 bridgehead atoms. The van der Waals surface area contributed by atoms with E-state index < -0.39 is 10.0 Å². The maximum atomic E-state index is 12.9. The van der Waals surface area contributed by atoms with Crippen LogP contribution in [0.3, 0.4) is 0 Å². The number of piperazine rings is 1. The topological polar surface area (TPSA) is 82.6 Å². The molecule has 0 radical (unpaired) electrons. The van der Waals surface area contributed by atoms with E-state index in [2.05, 4.69) is 14.6 Å². The van der Waals surface area contributed by atoms with Gasteiger partial charge in [-0.25, -0.2) is 18.1 Å². The van der Waals surface area contributed by atoms with Crippen molar-refractivity contribution in [3.8, 4) is 0 Å². The molecule has 0 unspecified atom stereocenters. The third-order valence-corrected chi connectivity index (χ3v) is 8.36. The van der Waals surface area contributed by atoms with Crippen LogP contribution in [0.15, 0.2) is 23.2 Å². The van der Waals surface area contributed by atoms with Gasteiger partial charge < -0.3 is 4.90 Å². The van der Waals surface area contributed by atoms with E-state index in [1.54, 1.807) is 0 Å². The normalized spacial score (nSPS) is 26.9. The van der Waals surface area contributed by atoms with E-state index in [0.29, 0.717) is 12.8 Å². The minimum Gasteiger partial charge on any atom is -0.340 e. The van der Waals surface area contributed by atoms with Crippen molar-refractivity contribution < 1.29 is 13.2 Å². The van der Waals surface area contributed by atoms with Crippen molar-refractivity contribution in [2.45, 2.75) is 61.9 Å². The van der Waals surface area contributed by atoms with Gasteiger partial charge in [0.1, 0.15) is 10.0 Å². The van der Waals surface area contributed by atoms with Crippen molar-refractivity contribution in [2.24, 2.45) is 5.92 Å².